The van der Waals surface area contributed by atoms with Gasteiger partial charge in [0.15, 0.2) is 0 Å². The number of hydrogen-bond acceptors (Lipinski definition) is 3. The van der Waals surface area contributed by atoms with Crippen molar-refractivity contribution < 1.29 is 4.79 Å². The van der Waals surface area contributed by atoms with Crippen LogP contribution < -0.4 is 5.73 Å². The van der Waals surface area contributed by atoms with Crippen LogP contribution in [0.3, 0.4) is 0 Å². The fraction of sp³-hybridized carbons (Fsp3) is 0.583. The molecule has 0 saturated heterocycles. The third kappa shape index (κ3) is 5.26. The van der Waals surface area contributed by atoms with Crippen molar-refractivity contribution in [2.75, 3.05) is 13.6 Å². The summed E-state index contributed by atoms with van der Waals surface area (Å²) in [4.78, 5) is 14.5. The SMILES string of the molecule is CC(C)C(N)CCN(C)C(=O)c1cc(Br)cs1.Cl. The Morgan fingerprint density at radius 3 is 2.61 bits per heavy atom. The first kappa shape index (κ1) is 17.9. The van der Waals surface area contributed by atoms with Crippen LogP contribution in [0, 0.1) is 5.92 Å². The Bertz CT molecular complexity index is 384. The predicted octanol–water partition coefficient (Wildman–Crippen LogP) is 3.38. The number of thiophene rings is 1. The molecule has 0 radical (unpaired) electrons. The van der Waals surface area contributed by atoms with Gasteiger partial charge in [-0.3, -0.25) is 4.79 Å². The Hall–Kier alpha value is -0.100. The molecule has 0 aromatic carbocycles. The zero-order valence-corrected chi connectivity index (χ0v) is 14.1. The minimum atomic E-state index is 0. The van der Waals surface area contributed by atoms with Gasteiger partial charge in [-0.2, -0.15) is 0 Å². The van der Waals surface area contributed by atoms with E-state index in [0.29, 0.717) is 12.5 Å². The van der Waals surface area contributed by atoms with E-state index >= 15 is 0 Å². The molecule has 0 fully saturated rings. The molecule has 0 saturated carbocycles. The summed E-state index contributed by atoms with van der Waals surface area (Å²) in [5, 5.41) is 1.92. The summed E-state index contributed by atoms with van der Waals surface area (Å²) in [5.41, 5.74) is 5.96. The van der Waals surface area contributed by atoms with Crippen LogP contribution in [0.25, 0.3) is 0 Å². The number of nitrogens with two attached hydrogens (primary N) is 1. The molecule has 2 N–H and O–H groups in total. The molecular weight excluding hydrogens is 336 g/mol. The quantitative estimate of drug-likeness (QED) is 0.880. The van der Waals surface area contributed by atoms with Crippen molar-refractivity contribution in [1.29, 1.82) is 0 Å². The van der Waals surface area contributed by atoms with E-state index in [9.17, 15) is 4.79 Å². The van der Waals surface area contributed by atoms with Crippen LogP contribution in [0.5, 0.6) is 0 Å². The molecule has 1 aromatic rings. The first-order valence-corrected chi connectivity index (χ1v) is 7.34. The van der Waals surface area contributed by atoms with E-state index in [2.05, 4.69) is 29.8 Å². The molecule has 18 heavy (non-hydrogen) atoms. The molecule has 0 aliphatic rings. The molecule has 1 rings (SSSR count). The number of halogens is 2. The van der Waals surface area contributed by atoms with Gasteiger partial charge in [0.2, 0.25) is 0 Å². The van der Waals surface area contributed by atoms with Crippen LogP contribution in [0.15, 0.2) is 15.9 Å². The Balaban J connectivity index is 0.00000289. The molecule has 0 bridgehead atoms. The summed E-state index contributed by atoms with van der Waals surface area (Å²) >= 11 is 4.81. The number of amides is 1. The molecular formula is C12H20BrClN2OS. The van der Waals surface area contributed by atoms with Crippen LogP contribution in [0.2, 0.25) is 0 Å². The van der Waals surface area contributed by atoms with Crippen molar-refractivity contribution in [3.05, 3.63) is 20.8 Å². The minimum Gasteiger partial charge on any atom is -0.341 e. The summed E-state index contributed by atoms with van der Waals surface area (Å²) in [6.45, 7) is 4.90. The molecule has 1 aromatic heterocycles. The maximum absolute atomic E-state index is 12.0. The Morgan fingerprint density at radius 1 is 1.56 bits per heavy atom. The smallest absolute Gasteiger partial charge is 0.263 e. The molecule has 3 nitrogen and oxygen atoms in total. The van der Waals surface area contributed by atoms with Gasteiger partial charge in [-0.15, -0.1) is 23.7 Å². The number of carbonyl (C=O) groups is 1. The summed E-state index contributed by atoms with van der Waals surface area (Å²) in [6, 6.07) is 2.01. The minimum absolute atomic E-state index is 0. The molecule has 1 unspecified atom stereocenters. The highest BCUT2D eigenvalue weighted by Crippen LogP contribution is 2.21. The average molecular weight is 356 g/mol. The fourth-order valence-electron chi connectivity index (χ4n) is 1.39. The fourth-order valence-corrected chi connectivity index (χ4v) is 2.81. The third-order valence-corrected chi connectivity index (χ3v) is 4.46. The van der Waals surface area contributed by atoms with Crippen LogP contribution in [0.1, 0.15) is 29.9 Å². The van der Waals surface area contributed by atoms with Crippen molar-refractivity contribution in [2.45, 2.75) is 26.3 Å². The van der Waals surface area contributed by atoms with Gasteiger partial charge in [0.1, 0.15) is 0 Å². The van der Waals surface area contributed by atoms with E-state index in [1.165, 1.54) is 11.3 Å². The normalized spacial score (nSPS) is 12.1. The van der Waals surface area contributed by atoms with Gasteiger partial charge in [-0.25, -0.2) is 0 Å². The first-order valence-electron chi connectivity index (χ1n) is 5.67. The molecule has 0 spiro atoms. The lowest BCUT2D eigenvalue weighted by atomic mass is 10.0. The zero-order chi connectivity index (χ0) is 13.0. The lowest BCUT2D eigenvalue weighted by molar-refractivity contribution is 0.0794. The number of rotatable bonds is 5. The van der Waals surface area contributed by atoms with E-state index in [-0.39, 0.29) is 24.4 Å². The van der Waals surface area contributed by atoms with Crippen LogP contribution in [-0.4, -0.2) is 30.4 Å². The molecule has 0 aliphatic heterocycles. The Morgan fingerprint density at radius 2 is 2.17 bits per heavy atom. The summed E-state index contributed by atoms with van der Waals surface area (Å²) in [6.07, 6.45) is 0.840. The lowest BCUT2D eigenvalue weighted by Crippen LogP contribution is -2.34. The van der Waals surface area contributed by atoms with E-state index in [0.717, 1.165) is 15.8 Å². The molecule has 1 heterocycles. The zero-order valence-electron chi connectivity index (χ0n) is 10.9. The number of carbonyl (C=O) groups excluding carboxylic acids is 1. The van der Waals surface area contributed by atoms with Gasteiger partial charge in [-0.05, 0) is 34.3 Å². The van der Waals surface area contributed by atoms with Gasteiger partial charge in [-0.1, -0.05) is 13.8 Å². The van der Waals surface area contributed by atoms with Crippen molar-refractivity contribution in [3.63, 3.8) is 0 Å². The van der Waals surface area contributed by atoms with E-state index in [1.807, 2.05) is 18.5 Å². The summed E-state index contributed by atoms with van der Waals surface area (Å²) in [7, 11) is 1.82. The standard InChI is InChI=1S/C12H19BrN2OS.ClH/c1-8(2)10(14)4-5-15(3)12(16)11-6-9(13)7-17-11;/h6-8,10H,4-5,14H2,1-3H3;1H. The lowest BCUT2D eigenvalue weighted by Gasteiger charge is -2.21. The molecule has 104 valence electrons. The summed E-state index contributed by atoms with van der Waals surface area (Å²) in [5.74, 6) is 0.519. The van der Waals surface area contributed by atoms with Crippen molar-refractivity contribution >= 4 is 45.6 Å². The van der Waals surface area contributed by atoms with Gasteiger partial charge < -0.3 is 10.6 Å². The highest BCUT2D eigenvalue weighted by atomic mass is 79.9. The Labute approximate surface area is 127 Å². The second-order valence-electron chi connectivity index (χ2n) is 4.55. The Kier molecular flexibility index (Phi) is 8.10. The van der Waals surface area contributed by atoms with Crippen molar-refractivity contribution in [2.24, 2.45) is 11.7 Å². The predicted molar refractivity (Wildman–Crippen MR) is 83.7 cm³/mol. The van der Waals surface area contributed by atoms with E-state index in [4.69, 9.17) is 5.73 Å². The maximum Gasteiger partial charge on any atom is 0.263 e. The molecule has 1 amide bonds. The highest BCUT2D eigenvalue weighted by molar-refractivity contribution is 9.10. The third-order valence-electron chi connectivity index (χ3n) is 2.78. The van der Waals surface area contributed by atoms with Gasteiger partial charge in [0.05, 0.1) is 4.88 Å². The average Bonchev–Trinajstić information content (AvgIpc) is 2.70. The molecule has 6 heteroatoms. The topological polar surface area (TPSA) is 46.3 Å². The van der Waals surface area contributed by atoms with Crippen LogP contribution in [0.4, 0.5) is 0 Å². The first-order chi connectivity index (χ1) is 7.91. The van der Waals surface area contributed by atoms with Crippen molar-refractivity contribution in [3.8, 4) is 0 Å². The van der Waals surface area contributed by atoms with Gasteiger partial charge in [0, 0.05) is 29.5 Å². The maximum atomic E-state index is 12.0. The monoisotopic (exact) mass is 354 g/mol. The number of nitrogens with zero attached hydrogens (tertiary/aromatic N) is 1. The van der Waals surface area contributed by atoms with Crippen LogP contribution >= 0.6 is 39.7 Å². The van der Waals surface area contributed by atoms with E-state index < -0.39 is 0 Å². The second-order valence-corrected chi connectivity index (χ2v) is 6.38. The highest BCUT2D eigenvalue weighted by Gasteiger charge is 2.15. The molecule has 1 atom stereocenters. The van der Waals surface area contributed by atoms with Gasteiger partial charge >= 0.3 is 0 Å². The van der Waals surface area contributed by atoms with Gasteiger partial charge in [0.25, 0.3) is 5.91 Å². The molecule has 0 aliphatic carbocycles. The summed E-state index contributed by atoms with van der Waals surface area (Å²) < 4.78 is 0.957. The van der Waals surface area contributed by atoms with Crippen LogP contribution in [-0.2, 0) is 0 Å². The number of hydrogen-bond donors (Lipinski definition) is 1. The largest absolute Gasteiger partial charge is 0.341 e. The van der Waals surface area contributed by atoms with E-state index in [1.54, 1.807) is 4.90 Å². The van der Waals surface area contributed by atoms with Crippen molar-refractivity contribution in [1.82, 2.24) is 4.90 Å². The second kappa shape index (κ2) is 8.15.